The normalized spacial score (nSPS) is 17.1. The topological polar surface area (TPSA) is 62.5 Å². The SMILES string of the molecule is CC(N)CC(=O)N1CCN(C(C)c2cccnc2)CC1.Cl.Cl.Cl. The number of halogens is 3. The Bertz CT molecular complexity index is 440. The van der Waals surface area contributed by atoms with Gasteiger partial charge >= 0.3 is 0 Å². The maximum absolute atomic E-state index is 12.0. The summed E-state index contributed by atoms with van der Waals surface area (Å²) >= 11 is 0. The number of carbonyl (C=O) groups is 1. The van der Waals surface area contributed by atoms with E-state index < -0.39 is 0 Å². The molecule has 1 aliphatic heterocycles. The van der Waals surface area contributed by atoms with Crippen LogP contribution >= 0.6 is 37.2 Å². The Morgan fingerprint density at radius 3 is 2.30 bits per heavy atom. The summed E-state index contributed by atoms with van der Waals surface area (Å²) in [4.78, 5) is 20.5. The summed E-state index contributed by atoms with van der Waals surface area (Å²) in [5, 5.41) is 0. The number of carbonyl (C=O) groups excluding carboxylic acids is 1. The van der Waals surface area contributed by atoms with E-state index in [0.29, 0.717) is 12.5 Å². The fourth-order valence-electron chi connectivity index (χ4n) is 2.60. The first kappa shape index (κ1) is 24.7. The number of aromatic nitrogens is 1. The summed E-state index contributed by atoms with van der Waals surface area (Å²) < 4.78 is 0. The Balaban J connectivity index is 0. The fourth-order valence-corrected chi connectivity index (χ4v) is 2.60. The van der Waals surface area contributed by atoms with Crippen LogP contribution in [-0.4, -0.2) is 52.9 Å². The molecular weight excluding hydrogens is 359 g/mol. The molecule has 0 bridgehead atoms. The molecule has 23 heavy (non-hydrogen) atoms. The third kappa shape index (κ3) is 7.23. The summed E-state index contributed by atoms with van der Waals surface area (Å²) in [6.07, 6.45) is 4.15. The zero-order valence-corrected chi connectivity index (χ0v) is 16.0. The van der Waals surface area contributed by atoms with E-state index in [9.17, 15) is 4.79 Å². The summed E-state index contributed by atoms with van der Waals surface area (Å²) in [7, 11) is 0. The molecule has 8 heteroatoms. The quantitative estimate of drug-likeness (QED) is 0.864. The summed E-state index contributed by atoms with van der Waals surface area (Å²) in [6, 6.07) is 4.35. The van der Waals surface area contributed by atoms with E-state index in [0.717, 1.165) is 26.2 Å². The van der Waals surface area contributed by atoms with Crippen molar-refractivity contribution < 1.29 is 4.79 Å². The molecule has 1 aromatic rings. The number of hydrogen-bond acceptors (Lipinski definition) is 4. The van der Waals surface area contributed by atoms with Gasteiger partial charge in [0, 0.05) is 57.1 Å². The molecule has 5 nitrogen and oxygen atoms in total. The molecule has 0 aliphatic carbocycles. The third-order valence-electron chi connectivity index (χ3n) is 3.88. The predicted molar refractivity (Wildman–Crippen MR) is 101 cm³/mol. The van der Waals surface area contributed by atoms with Gasteiger partial charge in [-0.15, -0.1) is 37.2 Å². The Morgan fingerprint density at radius 2 is 1.83 bits per heavy atom. The van der Waals surface area contributed by atoms with E-state index in [-0.39, 0.29) is 49.2 Å². The van der Waals surface area contributed by atoms with Crippen LogP contribution in [0, 0.1) is 0 Å². The number of rotatable bonds is 4. The van der Waals surface area contributed by atoms with Gasteiger partial charge in [0.2, 0.25) is 5.91 Å². The smallest absolute Gasteiger partial charge is 0.224 e. The van der Waals surface area contributed by atoms with Crippen molar-refractivity contribution in [3.8, 4) is 0 Å². The van der Waals surface area contributed by atoms with Gasteiger partial charge in [0.1, 0.15) is 0 Å². The monoisotopic (exact) mass is 384 g/mol. The molecule has 0 saturated carbocycles. The molecule has 0 aromatic carbocycles. The standard InChI is InChI=1S/C15H24N4O.3ClH/c1-12(16)10-15(20)19-8-6-18(7-9-19)13(2)14-4-3-5-17-11-14;;;/h3-5,11-13H,6-10,16H2,1-2H3;3*1H. The number of amides is 1. The van der Waals surface area contributed by atoms with Gasteiger partial charge in [-0.05, 0) is 25.5 Å². The highest BCUT2D eigenvalue weighted by Crippen LogP contribution is 2.20. The summed E-state index contributed by atoms with van der Waals surface area (Å²) in [5.41, 5.74) is 6.91. The number of nitrogens with two attached hydrogens (primary N) is 1. The second kappa shape index (κ2) is 11.9. The van der Waals surface area contributed by atoms with Crippen LogP contribution in [0.25, 0.3) is 0 Å². The van der Waals surface area contributed by atoms with Crippen LogP contribution in [-0.2, 0) is 4.79 Å². The van der Waals surface area contributed by atoms with Gasteiger partial charge in [0.15, 0.2) is 0 Å². The molecule has 1 aliphatic rings. The third-order valence-corrected chi connectivity index (χ3v) is 3.88. The van der Waals surface area contributed by atoms with Crippen molar-refractivity contribution in [1.29, 1.82) is 0 Å². The lowest BCUT2D eigenvalue weighted by Crippen LogP contribution is -2.50. The maximum Gasteiger partial charge on any atom is 0.224 e. The van der Waals surface area contributed by atoms with Crippen LogP contribution in [0.5, 0.6) is 0 Å². The molecule has 0 spiro atoms. The van der Waals surface area contributed by atoms with Crippen molar-refractivity contribution in [2.75, 3.05) is 26.2 Å². The Labute approximate surface area is 157 Å². The van der Waals surface area contributed by atoms with Crippen LogP contribution in [0.15, 0.2) is 24.5 Å². The highest BCUT2D eigenvalue weighted by atomic mass is 35.5. The first-order chi connectivity index (χ1) is 9.58. The van der Waals surface area contributed by atoms with Gasteiger partial charge in [0.25, 0.3) is 0 Å². The lowest BCUT2D eigenvalue weighted by molar-refractivity contribution is -0.133. The predicted octanol–water partition coefficient (Wildman–Crippen LogP) is 2.29. The van der Waals surface area contributed by atoms with E-state index in [1.807, 2.05) is 24.1 Å². The van der Waals surface area contributed by atoms with Crippen molar-refractivity contribution in [1.82, 2.24) is 14.8 Å². The summed E-state index contributed by atoms with van der Waals surface area (Å²) in [6.45, 7) is 7.45. The Kier molecular flexibility index (Phi) is 12.7. The van der Waals surface area contributed by atoms with Gasteiger partial charge < -0.3 is 10.6 Å². The molecule has 1 aromatic heterocycles. The first-order valence-electron chi connectivity index (χ1n) is 7.25. The summed E-state index contributed by atoms with van der Waals surface area (Å²) in [5.74, 6) is 0.175. The highest BCUT2D eigenvalue weighted by Gasteiger charge is 2.24. The van der Waals surface area contributed by atoms with Crippen LogP contribution < -0.4 is 5.73 Å². The molecule has 2 heterocycles. The second-order valence-electron chi connectivity index (χ2n) is 5.56. The minimum atomic E-state index is -0.0603. The van der Waals surface area contributed by atoms with E-state index in [4.69, 9.17) is 5.73 Å². The van der Waals surface area contributed by atoms with E-state index in [1.165, 1.54) is 5.56 Å². The average molecular weight is 386 g/mol. The van der Waals surface area contributed by atoms with Gasteiger partial charge in [-0.3, -0.25) is 14.7 Å². The lowest BCUT2D eigenvalue weighted by atomic mass is 10.1. The van der Waals surface area contributed by atoms with Crippen LogP contribution in [0.4, 0.5) is 0 Å². The largest absolute Gasteiger partial charge is 0.340 e. The Morgan fingerprint density at radius 1 is 1.22 bits per heavy atom. The van der Waals surface area contributed by atoms with Crippen molar-refractivity contribution >= 4 is 43.1 Å². The number of nitrogens with zero attached hydrogens (tertiary/aromatic N) is 3. The van der Waals surface area contributed by atoms with Gasteiger partial charge in [-0.25, -0.2) is 0 Å². The van der Waals surface area contributed by atoms with Crippen molar-refractivity contribution in [3.05, 3.63) is 30.1 Å². The van der Waals surface area contributed by atoms with E-state index in [1.54, 1.807) is 6.20 Å². The lowest BCUT2D eigenvalue weighted by Gasteiger charge is -2.38. The minimum Gasteiger partial charge on any atom is -0.340 e. The second-order valence-corrected chi connectivity index (χ2v) is 5.56. The van der Waals surface area contributed by atoms with Crippen molar-refractivity contribution in [2.45, 2.75) is 32.4 Å². The number of pyridine rings is 1. The maximum atomic E-state index is 12.0. The van der Waals surface area contributed by atoms with Crippen LogP contribution in [0.3, 0.4) is 0 Å². The first-order valence-corrected chi connectivity index (χ1v) is 7.25. The average Bonchev–Trinajstić information content (AvgIpc) is 2.47. The van der Waals surface area contributed by atoms with E-state index in [2.05, 4.69) is 22.9 Å². The number of piperazine rings is 1. The number of hydrogen-bond donors (Lipinski definition) is 1. The molecule has 1 saturated heterocycles. The molecule has 0 radical (unpaired) electrons. The highest BCUT2D eigenvalue weighted by molar-refractivity contribution is 5.86. The molecule has 1 amide bonds. The van der Waals surface area contributed by atoms with Gasteiger partial charge in [0.05, 0.1) is 0 Å². The van der Waals surface area contributed by atoms with Crippen LogP contribution in [0.2, 0.25) is 0 Å². The molecule has 2 rings (SSSR count). The van der Waals surface area contributed by atoms with Crippen LogP contribution in [0.1, 0.15) is 31.9 Å². The molecule has 134 valence electrons. The van der Waals surface area contributed by atoms with Gasteiger partial charge in [-0.1, -0.05) is 6.07 Å². The molecular formula is C15H27Cl3N4O. The molecule has 1 fully saturated rings. The molecule has 2 N–H and O–H groups in total. The van der Waals surface area contributed by atoms with Crippen molar-refractivity contribution in [2.24, 2.45) is 5.73 Å². The fraction of sp³-hybridized carbons (Fsp3) is 0.600. The van der Waals surface area contributed by atoms with E-state index >= 15 is 0 Å². The zero-order valence-electron chi connectivity index (χ0n) is 13.6. The molecule has 2 unspecified atom stereocenters. The zero-order chi connectivity index (χ0) is 14.5. The minimum absolute atomic E-state index is 0. The van der Waals surface area contributed by atoms with Crippen molar-refractivity contribution in [3.63, 3.8) is 0 Å². The van der Waals surface area contributed by atoms with Gasteiger partial charge in [-0.2, -0.15) is 0 Å². The molecule has 2 atom stereocenters. The Hall–Kier alpha value is -0.590.